The molecule has 0 atom stereocenters. The molecule has 2 fully saturated rings. The molecule has 23 heavy (non-hydrogen) atoms. The Kier molecular flexibility index (Phi) is 4.66. The minimum absolute atomic E-state index is 0.0836. The molecular formula is C18H25N3O2. The monoisotopic (exact) mass is 315 g/mol. The van der Waals surface area contributed by atoms with E-state index >= 15 is 0 Å². The summed E-state index contributed by atoms with van der Waals surface area (Å²) in [6.45, 7) is 1.49. The zero-order valence-corrected chi connectivity index (χ0v) is 13.5. The molecule has 1 aromatic carbocycles. The summed E-state index contributed by atoms with van der Waals surface area (Å²) >= 11 is 0. The van der Waals surface area contributed by atoms with Gasteiger partial charge in [-0.1, -0.05) is 31.4 Å². The molecular weight excluding hydrogens is 290 g/mol. The van der Waals surface area contributed by atoms with Crippen LogP contribution in [0.15, 0.2) is 24.3 Å². The predicted molar refractivity (Wildman–Crippen MR) is 89.7 cm³/mol. The van der Waals surface area contributed by atoms with Gasteiger partial charge in [-0.15, -0.1) is 0 Å². The number of hydrogen-bond donors (Lipinski definition) is 2. The van der Waals surface area contributed by atoms with Crippen LogP contribution in [0.25, 0.3) is 0 Å². The molecule has 0 radical (unpaired) electrons. The molecule has 2 aliphatic rings. The SMILES string of the molecule is NC1(C(=O)Nc2ccc(CN3CCCC3=O)cc2)CCCCC1. The van der Waals surface area contributed by atoms with Gasteiger partial charge in [-0.25, -0.2) is 0 Å². The summed E-state index contributed by atoms with van der Waals surface area (Å²) in [6, 6.07) is 7.70. The maximum atomic E-state index is 12.4. The Hall–Kier alpha value is -1.88. The van der Waals surface area contributed by atoms with Crippen molar-refractivity contribution >= 4 is 17.5 Å². The van der Waals surface area contributed by atoms with Crippen LogP contribution in [0.5, 0.6) is 0 Å². The smallest absolute Gasteiger partial charge is 0.244 e. The van der Waals surface area contributed by atoms with E-state index in [0.29, 0.717) is 13.0 Å². The predicted octanol–water partition coefficient (Wildman–Crippen LogP) is 2.41. The standard InChI is InChI=1S/C18H25N3O2/c19-18(10-2-1-3-11-18)17(23)20-15-8-6-14(7-9-15)13-21-12-4-5-16(21)22/h6-9H,1-5,10-13,19H2,(H,20,23). The minimum atomic E-state index is -0.723. The summed E-state index contributed by atoms with van der Waals surface area (Å²) in [5.74, 6) is 0.143. The van der Waals surface area contributed by atoms with Crippen molar-refractivity contribution in [2.24, 2.45) is 5.73 Å². The molecule has 3 rings (SSSR count). The van der Waals surface area contributed by atoms with Gasteiger partial charge in [-0.3, -0.25) is 9.59 Å². The fourth-order valence-corrected chi connectivity index (χ4v) is 3.45. The van der Waals surface area contributed by atoms with E-state index in [4.69, 9.17) is 5.73 Å². The third kappa shape index (κ3) is 3.72. The maximum absolute atomic E-state index is 12.4. The molecule has 1 aliphatic heterocycles. The van der Waals surface area contributed by atoms with Gasteiger partial charge in [-0.2, -0.15) is 0 Å². The van der Waals surface area contributed by atoms with Crippen LogP contribution in [0.2, 0.25) is 0 Å². The van der Waals surface area contributed by atoms with Gasteiger partial charge in [0.05, 0.1) is 5.54 Å². The lowest BCUT2D eigenvalue weighted by Gasteiger charge is -2.31. The van der Waals surface area contributed by atoms with Crippen LogP contribution in [-0.4, -0.2) is 28.8 Å². The third-order valence-electron chi connectivity index (χ3n) is 4.95. The largest absolute Gasteiger partial charge is 0.338 e. The Morgan fingerprint density at radius 1 is 1.13 bits per heavy atom. The summed E-state index contributed by atoms with van der Waals surface area (Å²) < 4.78 is 0. The molecule has 1 saturated carbocycles. The second-order valence-corrected chi connectivity index (χ2v) is 6.79. The molecule has 0 spiro atoms. The van der Waals surface area contributed by atoms with E-state index in [0.717, 1.165) is 56.3 Å². The molecule has 1 saturated heterocycles. The fourth-order valence-electron chi connectivity index (χ4n) is 3.45. The minimum Gasteiger partial charge on any atom is -0.338 e. The molecule has 1 heterocycles. The Bertz CT molecular complexity index is 576. The van der Waals surface area contributed by atoms with Crippen LogP contribution >= 0.6 is 0 Å². The van der Waals surface area contributed by atoms with Crippen LogP contribution < -0.4 is 11.1 Å². The number of rotatable bonds is 4. The van der Waals surface area contributed by atoms with E-state index in [-0.39, 0.29) is 11.8 Å². The number of amides is 2. The number of nitrogens with zero attached hydrogens (tertiary/aromatic N) is 1. The van der Waals surface area contributed by atoms with Crippen LogP contribution in [0, 0.1) is 0 Å². The zero-order chi connectivity index (χ0) is 16.3. The number of nitrogens with two attached hydrogens (primary N) is 1. The number of hydrogen-bond acceptors (Lipinski definition) is 3. The molecule has 2 amide bonds. The first-order valence-electron chi connectivity index (χ1n) is 8.54. The van der Waals surface area contributed by atoms with Gasteiger partial charge in [0, 0.05) is 25.2 Å². The van der Waals surface area contributed by atoms with Gasteiger partial charge in [-0.05, 0) is 37.0 Å². The van der Waals surface area contributed by atoms with Crippen molar-refractivity contribution in [2.45, 2.75) is 57.0 Å². The molecule has 124 valence electrons. The summed E-state index contributed by atoms with van der Waals surface area (Å²) in [5.41, 5.74) is 7.37. The Labute approximate surface area is 137 Å². The first-order valence-corrected chi connectivity index (χ1v) is 8.54. The van der Waals surface area contributed by atoms with E-state index in [1.54, 1.807) is 0 Å². The normalized spacial score (nSPS) is 20.6. The average molecular weight is 315 g/mol. The molecule has 5 heteroatoms. The molecule has 1 aromatic rings. The second kappa shape index (κ2) is 6.71. The van der Waals surface area contributed by atoms with Crippen molar-refractivity contribution in [3.05, 3.63) is 29.8 Å². The Morgan fingerprint density at radius 3 is 2.43 bits per heavy atom. The Morgan fingerprint density at radius 2 is 1.83 bits per heavy atom. The van der Waals surface area contributed by atoms with Crippen molar-refractivity contribution in [3.8, 4) is 0 Å². The van der Waals surface area contributed by atoms with Gasteiger partial charge in [0.15, 0.2) is 0 Å². The number of likely N-dealkylation sites (tertiary alicyclic amines) is 1. The van der Waals surface area contributed by atoms with Crippen molar-refractivity contribution in [1.29, 1.82) is 0 Å². The topological polar surface area (TPSA) is 75.4 Å². The third-order valence-corrected chi connectivity index (χ3v) is 4.95. The molecule has 5 nitrogen and oxygen atoms in total. The number of anilines is 1. The highest BCUT2D eigenvalue weighted by atomic mass is 16.2. The quantitative estimate of drug-likeness (QED) is 0.896. The van der Waals surface area contributed by atoms with Crippen LogP contribution in [-0.2, 0) is 16.1 Å². The van der Waals surface area contributed by atoms with Crippen LogP contribution in [0.3, 0.4) is 0 Å². The molecule has 3 N–H and O–H groups in total. The van der Waals surface area contributed by atoms with E-state index in [2.05, 4.69) is 5.32 Å². The van der Waals surface area contributed by atoms with Crippen LogP contribution in [0.4, 0.5) is 5.69 Å². The van der Waals surface area contributed by atoms with Gasteiger partial charge in [0.2, 0.25) is 11.8 Å². The summed E-state index contributed by atoms with van der Waals surface area (Å²) in [6.07, 6.45) is 6.33. The maximum Gasteiger partial charge on any atom is 0.244 e. The summed E-state index contributed by atoms with van der Waals surface area (Å²) in [5, 5.41) is 2.94. The number of carbonyl (C=O) groups excluding carboxylic acids is 2. The Balaban J connectivity index is 1.58. The van der Waals surface area contributed by atoms with Crippen molar-refractivity contribution in [2.75, 3.05) is 11.9 Å². The lowest BCUT2D eigenvalue weighted by Crippen LogP contribution is -2.52. The first-order chi connectivity index (χ1) is 11.1. The second-order valence-electron chi connectivity index (χ2n) is 6.79. The van der Waals surface area contributed by atoms with Crippen molar-refractivity contribution < 1.29 is 9.59 Å². The van der Waals surface area contributed by atoms with Crippen molar-refractivity contribution in [1.82, 2.24) is 4.90 Å². The average Bonchev–Trinajstić information content (AvgIpc) is 2.95. The van der Waals surface area contributed by atoms with Crippen molar-refractivity contribution in [3.63, 3.8) is 0 Å². The van der Waals surface area contributed by atoms with Gasteiger partial charge in [0.1, 0.15) is 0 Å². The van der Waals surface area contributed by atoms with E-state index in [1.165, 1.54) is 0 Å². The number of benzene rings is 1. The molecule has 0 unspecified atom stereocenters. The number of nitrogens with one attached hydrogen (secondary N) is 1. The van der Waals surface area contributed by atoms with Crippen LogP contribution in [0.1, 0.15) is 50.5 Å². The first kappa shape index (κ1) is 16.0. The highest BCUT2D eigenvalue weighted by Gasteiger charge is 2.35. The summed E-state index contributed by atoms with van der Waals surface area (Å²) in [4.78, 5) is 25.9. The van der Waals surface area contributed by atoms with E-state index in [9.17, 15) is 9.59 Å². The zero-order valence-electron chi connectivity index (χ0n) is 13.5. The highest BCUT2D eigenvalue weighted by molar-refractivity contribution is 5.98. The fraction of sp³-hybridized carbons (Fsp3) is 0.556. The number of carbonyl (C=O) groups is 2. The van der Waals surface area contributed by atoms with Gasteiger partial charge in [0.25, 0.3) is 0 Å². The van der Waals surface area contributed by atoms with E-state index in [1.807, 2.05) is 29.2 Å². The molecule has 1 aliphatic carbocycles. The molecule has 0 aromatic heterocycles. The van der Waals surface area contributed by atoms with Gasteiger partial charge >= 0.3 is 0 Å². The van der Waals surface area contributed by atoms with Gasteiger partial charge < -0.3 is 16.0 Å². The summed E-state index contributed by atoms with van der Waals surface area (Å²) in [7, 11) is 0. The molecule has 0 bridgehead atoms. The lowest BCUT2D eigenvalue weighted by atomic mass is 9.82. The highest BCUT2D eigenvalue weighted by Crippen LogP contribution is 2.27. The van der Waals surface area contributed by atoms with E-state index < -0.39 is 5.54 Å². The lowest BCUT2D eigenvalue weighted by molar-refractivity contribution is -0.128.